The van der Waals surface area contributed by atoms with Crippen molar-refractivity contribution in [2.45, 2.75) is 38.6 Å². The van der Waals surface area contributed by atoms with Crippen molar-refractivity contribution in [3.63, 3.8) is 0 Å². The van der Waals surface area contributed by atoms with Gasteiger partial charge in [0.05, 0.1) is 23.7 Å². The molecule has 1 aliphatic carbocycles. The van der Waals surface area contributed by atoms with E-state index >= 15 is 0 Å². The highest BCUT2D eigenvalue weighted by molar-refractivity contribution is 5.93. The Morgan fingerprint density at radius 2 is 2.10 bits per heavy atom. The van der Waals surface area contributed by atoms with Gasteiger partial charge in [0.25, 0.3) is 0 Å². The SMILES string of the molecule is COC(=O)c1ccc2[nH]c(=O)n(CC3CCCCC3)c2c1. The lowest BCUT2D eigenvalue weighted by Crippen LogP contribution is -2.23. The van der Waals surface area contributed by atoms with Crippen LogP contribution in [0.4, 0.5) is 0 Å². The highest BCUT2D eigenvalue weighted by Gasteiger charge is 2.17. The average molecular weight is 288 g/mol. The summed E-state index contributed by atoms with van der Waals surface area (Å²) in [5.41, 5.74) is 1.93. The highest BCUT2D eigenvalue weighted by Crippen LogP contribution is 2.26. The molecule has 3 rings (SSSR count). The van der Waals surface area contributed by atoms with E-state index in [0.717, 1.165) is 17.6 Å². The van der Waals surface area contributed by atoms with Gasteiger partial charge in [0, 0.05) is 6.54 Å². The number of esters is 1. The number of rotatable bonds is 3. The second-order valence-corrected chi connectivity index (χ2v) is 5.77. The van der Waals surface area contributed by atoms with Gasteiger partial charge in [0.1, 0.15) is 0 Å². The number of imidazole rings is 1. The monoisotopic (exact) mass is 288 g/mol. The first kappa shape index (κ1) is 13.9. The molecule has 2 aromatic rings. The standard InChI is InChI=1S/C16H20N2O3/c1-21-15(19)12-7-8-13-14(9-12)18(16(20)17-13)10-11-5-3-2-4-6-11/h7-9,11H,2-6,10H2,1H3,(H,17,20). The molecule has 1 aromatic carbocycles. The maximum absolute atomic E-state index is 12.2. The molecule has 0 radical (unpaired) electrons. The molecule has 0 bridgehead atoms. The summed E-state index contributed by atoms with van der Waals surface area (Å²) < 4.78 is 6.51. The third-order valence-electron chi connectivity index (χ3n) is 4.36. The maximum Gasteiger partial charge on any atom is 0.337 e. The van der Waals surface area contributed by atoms with Crippen LogP contribution in [0.15, 0.2) is 23.0 Å². The van der Waals surface area contributed by atoms with E-state index in [1.54, 1.807) is 22.8 Å². The molecule has 112 valence electrons. The number of benzene rings is 1. The Labute approximate surface area is 122 Å². The van der Waals surface area contributed by atoms with Crippen LogP contribution in [0.5, 0.6) is 0 Å². The lowest BCUT2D eigenvalue weighted by atomic mass is 9.89. The molecule has 5 heteroatoms. The Balaban J connectivity index is 1.97. The maximum atomic E-state index is 12.2. The van der Waals surface area contributed by atoms with Gasteiger partial charge in [0.15, 0.2) is 0 Å². The number of carbonyl (C=O) groups is 1. The number of methoxy groups -OCH3 is 1. The Morgan fingerprint density at radius 1 is 1.33 bits per heavy atom. The molecule has 21 heavy (non-hydrogen) atoms. The van der Waals surface area contributed by atoms with Crippen molar-refractivity contribution >= 4 is 17.0 Å². The van der Waals surface area contributed by atoms with Crippen molar-refractivity contribution in [2.75, 3.05) is 7.11 Å². The number of hydrogen-bond donors (Lipinski definition) is 1. The van der Waals surface area contributed by atoms with Crippen molar-refractivity contribution < 1.29 is 9.53 Å². The van der Waals surface area contributed by atoms with Gasteiger partial charge < -0.3 is 9.72 Å². The predicted molar refractivity (Wildman–Crippen MR) is 80.5 cm³/mol. The van der Waals surface area contributed by atoms with E-state index < -0.39 is 0 Å². The van der Waals surface area contributed by atoms with Gasteiger partial charge in [-0.2, -0.15) is 0 Å². The van der Waals surface area contributed by atoms with Crippen molar-refractivity contribution in [1.29, 1.82) is 0 Å². The third kappa shape index (κ3) is 2.73. The number of H-pyrrole nitrogens is 1. The van der Waals surface area contributed by atoms with E-state index in [-0.39, 0.29) is 11.7 Å². The summed E-state index contributed by atoms with van der Waals surface area (Å²) in [6, 6.07) is 5.18. The third-order valence-corrected chi connectivity index (χ3v) is 4.36. The summed E-state index contributed by atoms with van der Waals surface area (Å²) in [5.74, 6) is 0.173. The van der Waals surface area contributed by atoms with Gasteiger partial charge in [-0.15, -0.1) is 0 Å². The predicted octanol–water partition coefficient (Wildman–Crippen LogP) is 2.70. The Hall–Kier alpha value is -2.04. The fourth-order valence-electron chi connectivity index (χ4n) is 3.21. The van der Waals surface area contributed by atoms with Gasteiger partial charge in [-0.1, -0.05) is 19.3 Å². The normalized spacial score (nSPS) is 16.2. The van der Waals surface area contributed by atoms with Crippen LogP contribution in [0.3, 0.4) is 0 Å². The van der Waals surface area contributed by atoms with Crippen LogP contribution < -0.4 is 5.69 Å². The summed E-state index contributed by atoms with van der Waals surface area (Å²) in [5, 5.41) is 0. The number of nitrogens with one attached hydrogen (secondary N) is 1. The number of carbonyl (C=O) groups excluding carboxylic acids is 1. The van der Waals surface area contributed by atoms with E-state index in [4.69, 9.17) is 4.74 Å². The quantitative estimate of drug-likeness (QED) is 0.883. The molecule has 1 aliphatic rings. The molecule has 1 aromatic heterocycles. The van der Waals surface area contributed by atoms with Gasteiger partial charge >= 0.3 is 11.7 Å². The Bertz CT molecular complexity index is 708. The topological polar surface area (TPSA) is 64.1 Å². The van der Waals surface area contributed by atoms with Crippen molar-refractivity contribution in [1.82, 2.24) is 9.55 Å². The van der Waals surface area contributed by atoms with Crippen molar-refractivity contribution in [3.05, 3.63) is 34.2 Å². The minimum Gasteiger partial charge on any atom is -0.465 e. The van der Waals surface area contributed by atoms with E-state index in [1.807, 2.05) is 0 Å². The van der Waals surface area contributed by atoms with Gasteiger partial charge in [-0.3, -0.25) is 4.57 Å². The van der Waals surface area contributed by atoms with Crippen LogP contribution in [-0.4, -0.2) is 22.6 Å². The number of hydrogen-bond acceptors (Lipinski definition) is 3. The smallest absolute Gasteiger partial charge is 0.337 e. The summed E-state index contributed by atoms with van der Waals surface area (Å²) >= 11 is 0. The first-order valence-electron chi connectivity index (χ1n) is 7.50. The zero-order valence-electron chi connectivity index (χ0n) is 12.2. The molecule has 1 N–H and O–H groups in total. The molecule has 1 saturated carbocycles. The van der Waals surface area contributed by atoms with Gasteiger partial charge in [-0.25, -0.2) is 9.59 Å². The Kier molecular flexibility index (Phi) is 3.82. The largest absolute Gasteiger partial charge is 0.465 e. The molecule has 1 fully saturated rings. The number of aromatic amines is 1. The van der Waals surface area contributed by atoms with E-state index in [2.05, 4.69) is 4.98 Å². The molecule has 1 heterocycles. The molecular formula is C16H20N2O3. The van der Waals surface area contributed by atoms with Gasteiger partial charge in [-0.05, 0) is 37.0 Å². The first-order chi connectivity index (χ1) is 10.2. The first-order valence-corrected chi connectivity index (χ1v) is 7.50. The number of aromatic nitrogens is 2. The lowest BCUT2D eigenvalue weighted by Gasteiger charge is -2.21. The van der Waals surface area contributed by atoms with E-state index in [9.17, 15) is 9.59 Å². The van der Waals surface area contributed by atoms with Crippen LogP contribution in [-0.2, 0) is 11.3 Å². The van der Waals surface area contributed by atoms with Crippen LogP contribution in [0.1, 0.15) is 42.5 Å². The van der Waals surface area contributed by atoms with Crippen molar-refractivity contribution in [3.8, 4) is 0 Å². The minimum absolute atomic E-state index is 0.0995. The minimum atomic E-state index is -0.380. The van der Waals surface area contributed by atoms with E-state index in [0.29, 0.717) is 11.5 Å². The number of fused-ring (bicyclic) bond motifs is 1. The second-order valence-electron chi connectivity index (χ2n) is 5.77. The summed E-state index contributed by atoms with van der Waals surface area (Å²) in [6.07, 6.45) is 6.14. The average Bonchev–Trinajstić information content (AvgIpc) is 2.83. The molecule has 0 atom stereocenters. The summed E-state index contributed by atoms with van der Waals surface area (Å²) in [7, 11) is 1.36. The molecule has 0 aliphatic heterocycles. The van der Waals surface area contributed by atoms with Crippen LogP contribution in [0, 0.1) is 5.92 Å². The molecule has 5 nitrogen and oxygen atoms in total. The Morgan fingerprint density at radius 3 is 2.81 bits per heavy atom. The fraction of sp³-hybridized carbons (Fsp3) is 0.500. The second kappa shape index (κ2) is 5.76. The molecule has 0 saturated heterocycles. The number of nitrogens with zero attached hydrogens (tertiary/aromatic N) is 1. The molecule has 0 unspecified atom stereocenters. The zero-order chi connectivity index (χ0) is 14.8. The van der Waals surface area contributed by atoms with Gasteiger partial charge in [0.2, 0.25) is 0 Å². The zero-order valence-corrected chi connectivity index (χ0v) is 12.2. The van der Waals surface area contributed by atoms with Crippen molar-refractivity contribution in [2.24, 2.45) is 5.92 Å². The van der Waals surface area contributed by atoms with Crippen LogP contribution >= 0.6 is 0 Å². The highest BCUT2D eigenvalue weighted by atomic mass is 16.5. The molecular weight excluding hydrogens is 268 g/mol. The fourth-order valence-corrected chi connectivity index (χ4v) is 3.21. The summed E-state index contributed by atoms with van der Waals surface area (Å²) in [6.45, 7) is 0.726. The summed E-state index contributed by atoms with van der Waals surface area (Å²) in [4.78, 5) is 26.7. The van der Waals surface area contributed by atoms with E-state index in [1.165, 1.54) is 39.2 Å². The molecule has 0 amide bonds. The lowest BCUT2D eigenvalue weighted by molar-refractivity contribution is 0.0601. The number of ether oxygens (including phenoxy) is 1. The molecule has 0 spiro atoms. The van der Waals surface area contributed by atoms with Crippen LogP contribution in [0.25, 0.3) is 11.0 Å². The van der Waals surface area contributed by atoms with Crippen LogP contribution in [0.2, 0.25) is 0 Å².